The standard InChI is InChI=1S/C16H20N2.H2/c1-2-13-5-3-7-15-14(13)6-4-8-16(15)18-11-9-17-10-12-18;/h3-8,17H,2,9-12H2,1H3;1H. The first kappa shape index (κ1) is 11.5. The number of benzene rings is 2. The molecule has 0 bridgehead atoms. The Morgan fingerprint density at radius 2 is 1.78 bits per heavy atom. The van der Waals surface area contributed by atoms with Gasteiger partial charge >= 0.3 is 0 Å². The number of hydrogen-bond donors (Lipinski definition) is 1. The van der Waals surface area contributed by atoms with Crippen LogP contribution in [0.25, 0.3) is 10.8 Å². The summed E-state index contributed by atoms with van der Waals surface area (Å²) in [7, 11) is 0. The molecule has 1 aliphatic heterocycles. The summed E-state index contributed by atoms with van der Waals surface area (Å²) in [5.41, 5.74) is 2.84. The summed E-state index contributed by atoms with van der Waals surface area (Å²) < 4.78 is 0. The Bertz CT molecular complexity index is 547. The highest BCUT2D eigenvalue weighted by Crippen LogP contribution is 2.29. The Hall–Kier alpha value is -1.54. The van der Waals surface area contributed by atoms with E-state index in [1.54, 1.807) is 0 Å². The Morgan fingerprint density at radius 1 is 1.06 bits per heavy atom. The van der Waals surface area contributed by atoms with Crippen LogP contribution in [0.4, 0.5) is 5.69 Å². The molecule has 1 aliphatic rings. The van der Waals surface area contributed by atoms with Crippen molar-refractivity contribution in [3.8, 4) is 0 Å². The van der Waals surface area contributed by atoms with Gasteiger partial charge in [-0.25, -0.2) is 0 Å². The monoisotopic (exact) mass is 242 g/mol. The lowest BCUT2D eigenvalue weighted by molar-refractivity contribution is 0.590. The largest absolute Gasteiger partial charge is 0.368 e. The molecule has 2 nitrogen and oxygen atoms in total. The van der Waals surface area contributed by atoms with Crippen LogP contribution in [0.1, 0.15) is 13.9 Å². The van der Waals surface area contributed by atoms with Gasteiger partial charge in [0.05, 0.1) is 0 Å². The zero-order valence-electron chi connectivity index (χ0n) is 10.9. The van der Waals surface area contributed by atoms with Crippen molar-refractivity contribution < 1.29 is 1.43 Å². The quantitative estimate of drug-likeness (QED) is 0.870. The van der Waals surface area contributed by atoms with Crippen LogP contribution in [0.15, 0.2) is 36.4 Å². The zero-order chi connectivity index (χ0) is 12.4. The van der Waals surface area contributed by atoms with Crippen molar-refractivity contribution >= 4 is 16.5 Å². The lowest BCUT2D eigenvalue weighted by atomic mass is 10.0. The Morgan fingerprint density at radius 3 is 2.56 bits per heavy atom. The van der Waals surface area contributed by atoms with Crippen molar-refractivity contribution in [2.75, 3.05) is 31.1 Å². The first-order valence-corrected chi connectivity index (χ1v) is 6.86. The number of piperazine rings is 1. The molecule has 96 valence electrons. The topological polar surface area (TPSA) is 15.3 Å². The number of anilines is 1. The fourth-order valence-corrected chi connectivity index (χ4v) is 2.85. The van der Waals surface area contributed by atoms with E-state index in [0.717, 1.165) is 32.6 Å². The molecule has 1 N–H and O–H groups in total. The van der Waals surface area contributed by atoms with E-state index in [1.807, 2.05) is 0 Å². The molecule has 0 atom stereocenters. The van der Waals surface area contributed by atoms with E-state index in [4.69, 9.17) is 0 Å². The van der Waals surface area contributed by atoms with E-state index in [0.29, 0.717) is 0 Å². The van der Waals surface area contributed by atoms with Crippen molar-refractivity contribution in [3.05, 3.63) is 42.0 Å². The summed E-state index contributed by atoms with van der Waals surface area (Å²) in [6.07, 6.45) is 1.10. The molecule has 2 heteroatoms. The second-order valence-corrected chi connectivity index (χ2v) is 4.88. The molecule has 0 spiro atoms. The van der Waals surface area contributed by atoms with Gasteiger partial charge in [-0.15, -0.1) is 0 Å². The van der Waals surface area contributed by atoms with Crippen molar-refractivity contribution in [2.45, 2.75) is 13.3 Å². The molecule has 0 amide bonds. The number of hydrogen-bond acceptors (Lipinski definition) is 2. The van der Waals surface area contributed by atoms with Gasteiger partial charge in [0.15, 0.2) is 0 Å². The van der Waals surface area contributed by atoms with Gasteiger partial charge in [-0.05, 0) is 23.4 Å². The van der Waals surface area contributed by atoms with Crippen molar-refractivity contribution in [1.82, 2.24) is 5.32 Å². The number of nitrogens with zero attached hydrogens (tertiary/aromatic N) is 1. The third-order valence-electron chi connectivity index (χ3n) is 3.83. The minimum absolute atomic E-state index is 0. The van der Waals surface area contributed by atoms with E-state index in [2.05, 4.69) is 53.5 Å². The number of fused-ring (bicyclic) bond motifs is 1. The van der Waals surface area contributed by atoms with Crippen LogP contribution >= 0.6 is 0 Å². The van der Waals surface area contributed by atoms with Gasteiger partial charge in [-0.3, -0.25) is 0 Å². The van der Waals surface area contributed by atoms with Gasteiger partial charge < -0.3 is 10.2 Å². The minimum Gasteiger partial charge on any atom is -0.368 e. The van der Waals surface area contributed by atoms with Crippen molar-refractivity contribution in [2.24, 2.45) is 0 Å². The van der Waals surface area contributed by atoms with Gasteiger partial charge in [-0.1, -0.05) is 37.3 Å². The molecule has 18 heavy (non-hydrogen) atoms. The van der Waals surface area contributed by atoms with Gasteiger partial charge in [0.2, 0.25) is 0 Å². The Balaban J connectivity index is 0.00000133. The van der Waals surface area contributed by atoms with Crippen LogP contribution in [-0.2, 0) is 6.42 Å². The first-order valence-electron chi connectivity index (χ1n) is 6.86. The van der Waals surface area contributed by atoms with E-state index < -0.39 is 0 Å². The second kappa shape index (κ2) is 4.99. The summed E-state index contributed by atoms with van der Waals surface area (Å²) >= 11 is 0. The average Bonchev–Trinajstić information content (AvgIpc) is 2.47. The number of rotatable bonds is 2. The molecule has 1 fully saturated rings. The fraction of sp³-hybridized carbons (Fsp3) is 0.375. The fourth-order valence-electron chi connectivity index (χ4n) is 2.85. The van der Waals surface area contributed by atoms with Gasteiger partial charge in [-0.2, -0.15) is 0 Å². The molecule has 1 heterocycles. The van der Waals surface area contributed by atoms with Crippen LogP contribution in [0.3, 0.4) is 0 Å². The third kappa shape index (κ3) is 1.97. The maximum Gasteiger partial charge on any atom is 0.0446 e. The maximum atomic E-state index is 3.41. The molecule has 0 saturated carbocycles. The normalized spacial score (nSPS) is 16.2. The molecule has 2 aromatic rings. The molecule has 3 rings (SSSR count). The van der Waals surface area contributed by atoms with Gasteiger partial charge in [0.25, 0.3) is 0 Å². The predicted molar refractivity (Wildman–Crippen MR) is 80.5 cm³/mol. The van der Waals surface area contributed by atoms with Crippen LogP contribution in [0.2, 0.25) is 0 Å². The maximum absolute atomic E-state index is 3.41. The first-order chi connectivity index (χ1) is 8.90. The molecule has 1 saturated heterocycles. The lowest BCUT2D eigenvalue weighted by Gasteiger charge is -2.30. The van der Waals surface area contributed by atoms with E-state index in [-0.39, 0.29) is 1.43 Å². The predicted octanol–water partition coefficient (Wildman–Crippen LogP) is 3.06. The lowest BCUT2D eigenvalue weighted by Crippen LogP contribution is -2.43. The van der Waals surface area contributed by atoms with Crippen LogP contribution in [-0.4, -0.2) is 26.2 Å². The van der Waals surface area contributed by atoms with E-state index in [1.165, 1.54) is 22.0 Å². The van der Waals surface area contributed by atoms with Crippen molar-refractivity contribution in [3.63, 3.8) is 0 Å². The molecule has 0 aliphatic carbocycles. The highest BCUT2D eigenvalue weighted by Gasteiger charge is 2.13. The van der Waals surface area contributed by atoms with Crippen LogP contribution < -0.4 is 10.2 Å². The van der Waals surface area contributed by atoms with Crippen molar-refractivity contribution in [1.29, 1.82) is 0 Å². The third-order valence-corrected chi connectivity index (χ3v) is 3.83. The summed E-state index contributed by atoms with van der Waals surface area (Å²) in [6.45, 7) is 6.62. The summed E-state index contributed by atoms with van der Waals surface area (Å²) in [5.74, 6) is 0. The summed E-state index contributed by atoms with van der Waals surface area (Å²) in [4.78, 5) is 2.50. The van der Waals surface area contributed by atoms with Gasteiger partial charge in [0.1, 0.15) is 0 Å². The van der Waals surface area contributed by atoms with E-state index in [9.17, 15) is 0 Å². The Kier molecular flexibility index (Phi) is 3.20. The molecular formula is C16H22N2. The van der Waals surface area contributed by atoms with Crippen LogP contribution in [0.5, 0.6) is 0 Å². The SMILES string of the molecule is CCc1cccc2c(N3CCNCC3)cccc12.[HH]. The smallest absolute Gasteiger partial charge is 0.0446 e. The highest BCUT2D eigenvalue weighted by atomic mass is 15.2. The number of aryl methyl sites for hydroxylation is 1. The summed E-state index contributed by atoms with van der Waals surface area (Å²) in [6, 6.07) is 13.4. The number of nitrogens with one attached hydrogen (secondary N) is 1. The molecule has 2 aromatic carbocycles. The van der Waals surface area contributed by atoms with E-state index >= 15 is 0 Å². The van der Waals surface area contributed by atoms with Crippen LogP contribution in [0, 0.1) is 0 Å². The highest BCUT2D eigenvalue weighted by molar-refractivity contribution is 5.96. The molecule has 0 aromatic heterocycles. The minimum atomic E-state index is 0. The molecule has 0 radical (unpaired) electrons. The molecule has 0 unspecified atom stereocenters. The zero-order valence-corrected chi connectivity index (χ0v) is 10.9. The second-order valence-electron chi connectivity index (χ2n) is 4.88. The van der Waals surface area contributed by atoms with Gasteiger partial charge in [0, 0.05) is 38.7 Å². The Labute approximate surface area is 110 Å². The summed E-state index contributed by atoms with van der Waals surface area (Å²) in [5, 5.41) is 6.23. The molecular weight excluding hydrogens is 220 g/mol. The average molecular weight is 242 g/mol.